The van der Waals surface area contributed by atoms with E-state index >= 15 is 0 Å². The average molecular weight is 517 g/mol. The third kappa shape index (κ3) is 5.09. The summed E-state index contributed by atoms with van der Waals surface area (Å²) < 4.78 is 22.1. The van der Waals surface area contributed by atoms with Gasteiger partial charge >= 0.3 is 0 Å². The van der Waals surface area contributed by atoms with Gasteiger partial charge in [-0.1, -0.05) is 12.1 Å². The summed E-state index contributed by atoms with van der Waals surface area (Å²) in [5.41, 5.74) is 3.01. The van der Waals surface area contributed by atoms with E-state index in [1.165, 1.54) is 11.9 Å². The van der Waals surface area contributed by atoms with Gasteiger partial charge in [-0.2, -0.15) is 0 Å². The largest absolute Gasteiger partial charge is 0.494 e. The van der Waals surface area contributed by atoms with Gasteiger partial charge in [-0.15, -0.1) is 0 Å². The monoisotopic (exact) mass is 516 g/mol. The molecule has 0 unspecified atom stereocenters. The van der Waals surface area contributed by atoms with E-state index in [9.17, 15) is 0 Å². The van der Waals surface area contributed by atoms with Gasteiger partial charge in [0.2, 0.25) is 5.88 Å². The van der Waals surface area contributed by atoms with Gasteiger partial charge in [0.25, 0.3) is 0 Å². The van der Waals surface area contributed by atoms with Gasteiger partial charge in [-0.05, 0) is 37.1 Å². The Labute approximate surface area is 217 Å². The lowest BCUT2D eigenvalue weighted by Crippen LogP contribution is -2.06. The Morgan fingerprint density at radius 2 is 1.73 bits per heavy atom. The molecule has 1 aromatic carbocycles. The number of hydrogen-bond acceptors (Lipinski definition) is 11. The summed E-state index contributed by atoms with van der Waals surface area (Å²) in [6.45, 7) is 2.41. The quantitative estimate of drug-likeness (QED) is 0.267. The Morgan fingerprint density at radius 1 is 0.919 bits per heavy atom. The van der Waals surface area contributed by atoms with Gasteiger partial charge < -0.3 is 18.9 Å². The van der Waals surface area contributed by atoms with Crippen LogP contribution < -0.4 is 18.9 Å². The minimum absolute atomic E-state index is 0.441. The van der Waals surface area contributed by atoms with Crippen LogP contribution in [0.4, 0.5) is 5.82 Å². The molecule has 1 N–H and O–H groups in total. The van der Waals surface area contributed by atoms with Crippen molar-refractivity contribution in [3.8, 4) is 34.6 Å². The highest BCUT2D eigenvalue weighted by atomic mass is 32.2. The van der Waals surface area contributed by atoms with Crippen LogP contribution in [0, 0.1) is 0 Å². The fourth-order valence-electron chi connectivity index (χ4n) is 3.69. The highest BCUT2D eigenvalue weighted by Gasteiger charge is 2.24. The molecule has 12 heteroatoms. The summed E-state index contributed by atoms with van der Waals surface area (Å²) in [6, 6.07) is 11.1. The number of ether oxygens (including phenoxy) is 3. The van der Waals surface area contributed by atoms with Crippen molar-refractivity contribution in [3.05, 3.63) is 66.9 Å². The van der Waals surface area contributed by atoms with Crippen molar-refractivity contribution in [2.24, 2.45) is 0 Å². The summed E-state index contributed by atoms with van der Waals surface area (Å²) >= 11 is 1.43. The van der Waals surface area contributed by atoms with E-state index in [0.717, 1.165) is 5.69 Å². The second kappa shape index (κ2) is 11.1. The number of fused-ring (bicyclic) bond motifs is 1. The zero-order valence-corrected chi connectivity index (χ0v) is 21.3. The minimum Gasteiger partial charge on any atom is -0.494 e. The van der Waals surface area contributed by atoms with E-state index in [1.54, 1.807) is 45.1 Å². The van der Waals surface area contributed by atoms with Gasteiger partial charge in [0, 0.05) is 24.7 Å². The van der Waals surface area contributed by atoms with E-state index in [2.05, 4.69) is 24.7 Å². The fourth-order valence-corrected chi connectivity index (χ4v) is 4.31. The molecular formula is C25H24N8O3S. The van der Waals surface area contributed by atoms with E-state index in [0.29, 0.717) is 64.1 Å². The third-order valence-electron chi connectivity index (χ3n) is 5.25. The molecule has 5 aromatic rings. The molecule has 0 aliphatic carbocycles. The predicted octanol–water partition coefficient (Wildman–Crippen LogP) is 4.34. The van der Waals surface area contributed by atoms with Gasteiger partial charge in [0.05, 0.1) is 38.5 Å². The average Bonchev–Trinajstić information content (AvgIpc) is 3.32. The van der Waals surface area contributed by atoms with E-state index < -0.39 is 0 Å². The van der Waals surface area contributed by atoms with Gasteiger partial charge in [-0.25, -0.2) is 19.9 Å². The molecule has 0 atom stereocenters. The zero-order valence-electron chi connectivity index (χ0n) is 20.5. The zero-order chi connectivity index (χ0) is 25.6. The number of pyridine rings is 1. The molecule has 0 saturated heterocycles. The Balaban J connectivity index is 1.63. The van der Waals surface area contributed by atoms with Crippen LogP contribution in [0.1, 0.15) is 12.6 Å². The van der Waals surface area contributed by atoms with Crippen molar-refractivity contribution < 1.29 is 14.2 Å². The van der Waals surface area contributed by atoms with Crippen LogP contribution in [0.2, 0.25) is 0 Å². The van der Waals surface area contributed by atoms with Crippen LogP contribution in [0.25, 0.3) is 28.5 Å². The van der Waals surface area contributed by atoms with E-state index in [1.807, 2.05) is 41.8 Å². The molecule has 0 radical (unpaired) electrons. The van der Waals surface area contributed by atoms with Crippen LogP contribution >= 0.6 is 11.9 Å². The fraction of sp³-hybridized carbons (Fsp3) is 0.200. The lowest BCUT2D eigenvalue weighted by Gasteiger charge is -2.16. The van der Waals surface area contributed by atoms with Crippen LogP contribution in [0.3, 0.4) is 0 Å². The number of nitrogens with one attached hydrogen (secondary N) is 1. The van der Waals surface area contributed by atoms with Crippen LogP contribution in [0.5, 0.6) is 17.4 Å². The molecule has 0 spiro atoms. The summed E-state index contributed by atoms with van der Waals surface area (Å²) in [6.07, 6.45) is 6.67. The van der Waals surface area contributed by atoms with Crippen LogP contribution in [-0.4, -0.2) is 55.3 Å². The Hall–Kier alpha value is -4.45. The number of benzene rings is 1. The first kappa shape index (κ1) is 24.3. The second-order valence-electron chi connectivity index (χ2n) is 7.57. The molecule has 0 fully saturated rings. The smallest absolute Gasteiger partial charge is 0.213 e. The van der Waals surface area contributed by atoms with Crippen molar-refractivity contribution >= 4 is 29.1 Å². The SMILES string of the molecule is CCOc1cccc(-c2nc3ncc(NSCc4cnccn4)nc3n2-c2c(OC)cccc2OC)n1. The van der Waals surface area contributed by atoms with E-state index in [4.69, 9.17) is 24.2 Å². The van der Waals surface area contributed by atoms with Crippen LogP contribution in [0.15, 0.2) is 61.2 Å². The number of rotatable bonds is 10. The number of imidazole rings is 1. The lowest BCUT2D eigenvalue weighted by molar-refractivity contribution is 0.327. The molecule has 4 heterocycles. The first-order valence-corrected chi connectivity index (χ1v) is 12.4. The molecule has 0 aliphatic rings. The topological polar surface area (TPSA) is 122 Å². The number of para-hydroxylation sites is 1. The van der Waals surface area contributed by atoms with Crippen molar-refractivity contribution in [1.82, 2.24) is 34.5 Å². The maximum Gasteiger partial charge on any atom is 0.213 e. The molecule has 37 heavy (non-hydrogen) atoms. The number of anilines is 1. The normalized spacial score (nSPS) is 10.9. The summed E-state index contributed by atoms with van der Waals surface area (Å²) in [7, 11) is 3.21. The molecule has 0 bridgehead atoms. The standard InChI is InChI=1S/C25H24N8O3S/c1-4-36-21-10-5-7-17(29-21)24-31-23-25(33(24)22-18(34-2)8-6-9-19(22)35-3)30-20(14-28-23)32-37-15-16-13-26-11-12-27-16/h5-14H,4,15H2,1-3H3,(H,30,32). The molecule has 0 saturated carbocycles. The van der Waals surface area contributed by atoms with E-state index in [-0.39, 0.29) is 0 Å². The third-order valence-corrected chi connectivity index (χ3v) is 6.05. The number of hydrogen-bond donors (Lipinski definition) is 1. The lowest BCUT2D eigenvalue weighted by atomic mass is 10.2. The maximum atomic E-state index is 5.70. The highest BCUT2D eigenvalue weighted by molar-refractivity contribution is 7.99. The molecule has 0 aliphatic heterocycles. The molecular weight excluding hydrogens is 492 g/mol. The Kier molecular flexibility index (Phi) is 7.26. The summed E-state index contributed by atoms with van der Waals surface area (Å²) in [5, 5.41) is 0. The molecule has 11 nitrogen and oxygen atoms in total. The van der Waals surface area contributed by atoms with Gasteiger partial charge in [-0.3, -0.25) is 14.5 Å². The van der Waals surface area contributed by atoms with Gasteiger partial charge in [0.15, 0.2) is 22.9 Å². The number of nitrogens with zero attached hydrogens (tertiary/aromatic N) is 7. The second-order valence-corrected chi connectivity index (χ2v) is 8.35. The highest BCUT2D eigenvalue weighted by Crippen LogP contribution is 2.38. The molecule has 4 aromatic heterocycles. The molecule has 0 amide bonds. The van der Waals surface area contributed by atoms with Crippen molar-refractivity contribution in [2.75, 3.05) is 25.5 Å². The Bertz CT molecular complexity index is 1490. The number of methoxy groups -OCH3 is 2. The summed E-state index contributed by atoms with van der Waals surface area (Å²) in [4.78, 5) is 27.2. The van der Waals surface area contributed by atoms with Gasteiger partial charge in [0.1, 0.15) is 22.9 Å². The van der Waals surface area contributed by atoms with Crippen molar-refractivity contribution in [2.45, 2.75) is 12.7 Å². The van der Waals surface area contributed by atoms with Crippen molar-refractivity contribution in [1.29, 1.82) is 0 Å². The molecule has 188 valence electrons. The van der Waals surface area contributed by atoms with Crippen molar-refractivity contribution in [3.63, 3.8) is 0 Å². The maximum absolute atomic E-state index is 5.70. The summed E-state index contributed by atoms with van der Waals surface area (Å²) in [5.74, 6) is 3.33. The first-order chi connectivity index (χ1) is 18.2. The van der Waals surface area contributed by atoms with Crippen LogP contribution in [-0.2, 0) is 5.75 Å². The predicted molar refractivity (Wildman–Crippen MR) is 141 cm³/mol. The molecule has 5 rings (SSSR count). The Morgan fingerprint density at radius 3 is 2.46 bits per heavy atom. The minimum atomic E-state index is 0.441. The first-order valence-electron chi connectivity index (χ1n) is 11.4. The number of aromatic nitrogens is 7.